The molecule has 0 aliphatic carbocycles. The number of pyridine rings is 1. The van der Waals surface area contributed by atoms with Gasteiger partial charge in [0.1, 0.15) is 0 Å². The van der Waals surface area contributed by atoms with Gasteiger partial charge in [0.2, 0.25) is 0 Å². The monoisotopic (exact) mass is 404 g/mol. The largest absolute Gasteiger partial charge is 0.346 e. The number of sulfone groups is 1. The minimum absolute atomic E-state index is 0.0379. The Morgan fingerprint density at radius 1 is 1.41 bits per heavy atom. The zero-order valence-corrected chi connectivity index (χ0v) is 16.9. The molecule has 1 saturated heterocycles. The van der Waals surface area contributed by atoms with Crippen molar-refractivity contribution in [2.24, 2.45) is 7.05 Å². The van der Waals surface area contributed by atoms with E-state index in [2.05, 4.69) is 15.4 Å². The molecule has 0 aromatic carbocycles. The molecule has 3 aromatic heterocycles. The molecule has 3 aromatic rings. The molecule has 1 aliphatic heterocycles. The van der Waals surface area contributed by atoms with Crippen LogP contribution in [0.1, 0.15) is 29.4 Å². The Balaban J connectivity index is 1.81. The number of thiophene rings is 1. The standard InChI is InChI=1S/C18H20N4O3S2/c1-11-15-12(17(23)20-18(2)6-8-27(24,25)10-18)9-13(14-5-4-7-26-14)19-16(15)22(3)21-11/h4-5,7,9H,6,8,10H2,1-3H3,(H,20,23). The quantitative estimate of drug-likeness (QED) is 0.723. The van der Waals surface area contributed by atoms with Crippen LogP contribution in [-0.2, 0) is 16.9 Å². The van der Waals surface area contributed by atoms with Crippen LogP contribution in [0.3, 0.4) is 0 Å². The number of hydrogen-bond donors (Lipinski definition) is 1. The van der Waals surface area contributed by atoms with Crippen molar-refractivity contribution in [3.63, 3.8) is 0 Å². The maximum Gasteiger partial charge on any atom is 0.252 e. The zero-order valence-electron chi connectivity index (χ0n) is 15.3. The van der Waals surface area contributed by atoms with Crippen molar-refractivity contribution in [2.45, 2.75) is 25.8 Å². The number of amides is 1. The molecule has 0 saturated carbocycles. The van der Waals surface area contributed by atoms with Gasteiger partial charge in [-0.3, -0.25) is 9.48 Å². The van der Waals surface area contributed by atoms with Gasteiger partial charge in [0.25, 0.3) is 5.91 Å². The first-order chi connectivity index (χ1) is 12.7. The smallest absolute Gasteiger partial charge is 0.252 e. The highest BCUT2D eigenvalue weighted by molar-refractivity contribution is 7.91. The summed E-state index contributed by atoms with van der Waals surface area (Å²) >= 11 is 1.55. The number of aromatic nitrogens is 3. The molecule has 9 heteroatoms. The second-order valence-electron chi connectivity index (χ2n) is 7.30. The van der Waals surface area contributed by atoms with Gasteiger partial charge in [-0.05, 0) is 37.8 Å². The lowest BCUT2D eigenvalue weighted by atomic mass is 10.0. The average molecular weight is 405 g/mol. The molecule has 4 heterocycles. The minimum atomic E-state index is -3.11. The number of hydrogen-bond acceptors (Lipinski definition) is 6. The molecular weight excluding hydrogens is 384 g/mol. The lowest BCUT2D eigenvalue weighted by Crippen LogP contribution is -2.47. The Bertz CT molecular complexity index is 1150. The molecule has 142 valence electrons. The average Bonchev–Trinajstić information content (AvgIpc) is 3.27. The van der Waals surface area contributed by atoms with E-state index in [0.29, 0.717) is 34.4 Å². The maximum absolute atomic E-state index is 13.1. The molecule has 27 heavy (non-hydrogen) atoms. The number of fused-ring (bicyclic) bond motifs is 1. The molecule has 1 fully saturated rings. The Labute approximate surface area is 161 Å². The van der Waals surface area contributed by atoms with Gasteiger partial charge in [0.05, 0.1) is 44.3 Å². The van der Waals surface area contributed by atoms with Crippen molar-refractivity contribution in [1.29, 1.82) is 0 Å². The normalized spacial score (nSPS) is 21.6. The second-order valence-corrected chi connectivity index (χ2v) is 10.4. The summed E-state index contributed by atoms with van der Waals surface area (Å²) in [6.45, 7) is 3.62. The molecule has 4 rings (SSSR count). The third-order valence-electron chi connectivity index (χ3n) is 4.91. The van der Waals surface area contributed by atoms with E-state index >= 15 is 0 Å². The first-order valence-corrected chi connectivity index (χ1v) is 11.3. The molecule has 1 N–H and O–H groups in total. The summed E-state index contributed by atoms with van der Waals surface area (Å²) in [6, 6.07) is 5.66. The summed E-state index contributed by atoms with van der Waals surface area (Å²) in [4.78, 5) is 18.8. The van der Waals surface area contributed by atoms with E-state index in [-0.39, 0.29) is 17.4 Å². The Morgan fingerprint density at radius 2 is 2.19 bits per heavy atom. The Kier molecular flexibility index (Phi) is 4.12. The van der Waals surface area contributed by atoms with Crippen LogP contribution in [0, 0.1) is 6.92 Å². The van der Waals surface area contributed by atoms with E-state index in [0.717, 1.165) is 4.88 Å². The van der Waals surface area contributed by atoms with Crippen LogP contribution in [-0.4, -0.2) is 46.1 Å². The molecule has 0 spiro atoms. The molecule has 1 atom stereocenters. The van der Waals surface area contributed by atoms with Crippen LogP contribution in [0.5, 0.6) is 0 Å². The summed E-state index contributed by atoms with van der Waals surface area (Å²) in [5.74, 6) is -0.234. The second kappa shape index (κ2) is 6.13. The van der Waals surface area contributed by atoms with Gasteiger partial charge in [-0.1, -0.05) is 6.07 Å². The number of nitrogens with one attached hydrogen (secondary N) is 1. The summed E-state index contributed by atoms with van der Waals surface area (Å²) in [5.41, 5.74) is 1.76. The fourth-order valence-corrected chi connectivity index (χ4v) is 6.40. The van der Waals surface area contributed by atoms with Crippen molar-refractivity contribution in [1.82, 2.24) is 20.1 Å². The third kappa shape index (κ3) is 3.25. The lowest BCUT2D eigenvalue weighted by Gasteiger charge is -2.24. The molecular formula is C18H20N4O3S2. The van der Waals surface area contributed by atoms with Gasteiger partial charge in [0, 0.05) is 7.05 Å². The van der Waals surface area contributed by atoms with E-state index in [9.17, 15) is 13.2 Å². The van der Waals surface area contributed by atoms with Gasteiger partial charge >= 0.3 is 0 Å². The maximum atomic E-state index is 13.1. The summed E-state index contributed by atoms with van der Waals surface area (Å²) in [5, 5.41) is 10.0. The van der Waals surface area contributed by atoms with E-state index in [1.54, 1.807) is 36.1 Å². The van der Waals surface area contributed by atoms with Crippen LogP contribution in [0.25, 0.3) is 21.6 Å². The van der Waals surface area contributed by atoms with Crippen LogP contribution in [0.2, 0.25) is 0 Å². The van der Waals surface area contributed by atoms with Gasteiger partial charge in [-0.25, -0.2) is 13.4 Å². The predicted molar refractivity (Wildman–Crippen MR) is 106 cm³/mol. The molecule has 0 bridgehead atoms. The summed E-state index contributed by atoms with van der Waals surface area (Å²) in [6.07, 6.45) is 0.416. The van der Waals surface area contributed by atoms with Crippen LogP contribution < -0.4 is 5.32 Å². The van der Waals surface area contributed by atoms with Gasteiger partial charge in [0.15, 0.2) is 15.5 Å². The highest BCUT2D eigenvalue weighted by Gasteiger charge is 2.40. The summed E-state index contributed by atoms with van der Waals surface area (Å²) < 4.78 is 25.4. The highest BCUT2D eigenvalue weighted by atomic mass is 32.2. The van der Waals surface area contributed by atoms with E-state index in [1.165, 1.54) is 0 Å². The number of carbonyl (C=O) groups excluding carboxylic acids is 1. The Hall–Kier alpha value is -2.26. The molecule has 1 aliphatic rings. The van der Waals surface area contributed by atoms with Gasteiger partial charge in [-0.2, -0.15) is 5.10 Å². The lowest BCUT2D eigenvalue weighted by molar-refractivity contribution is 0.0917. The fourth-order valence-electron chi connectivity index (χ4n) is 3.62. The fraction of sp³-hybridized carbons (Fsp3) is 0.389. The van der Waals surface area contributed by atoms with Crippen molar-refractivity contribution in [3.05, 3.63) is 34.8 Å². The minimum Gasteiger partial charge on any atom is -0.346 e. The number of rotatable bonds is 3. The van der Waals surface area contributed by atoms with Crippen molar-refractivity contribution >= 4 is 38.1 Å². The van der Waals surface area contributed by atoms with Crippen LogP contribution >= 0.6 is 11.3 Å². The van der Waals surface area contributed by atoms with Crippen molar-refractivity contribution < 1.29 is 13.2 Å². The molecule has 1 unspecified atom stereocenters. The molecule has 7 nitrogen and oxygen atoms in total. The third-order valence-corrected chi connectivity index (χ3v) is 7.70. The zero-order chi connectivity index (χ0) is 19.4. The van der Waals surface area contributed by atoms with Crippen molar-refractivity contribution in [2.75, 3.05) is 11.5 Å². The first kappa shape index (κ1) is 18.1. The van der Waals surface area contributed by atoms with E-state index < -0.39 is 15.4 Å². The Morgan fingerprint density at radius 3 is 2.81 bits per heavy atom. The summed E-state index contributed by atoms with van der Waals surface area (Å²) in [7, 11) is -1.32. The van der Waals surface area contributed by atoms with E-state index in [1.807, 2.05) is 24.4 Å². The molecule has 1 amide bonds. The van der Waals surface area contributed by atoms with Crippen LogP contribution in [0.4, 0.5) is 0 Å². The SMILES string of the molecule is Cc1nn(C)c2nc(-c3cccs3)cc(C(=O)NC3(C)CCS(=O)(=O)C3)c12. The van der Waals surface area contributed by atoms with Gasteiger partial charge < -0.3 is 5.32 Å². The van der Waals surface area contributed by atoms with E-state index in [4.69, 9.17) is 0 Å². The van der Waals surface area contributed by atoms with Crippen LogP contribution in [0.15, 0.2) is 23.6 Å². The predicted octanol–water partition coefficient (Wildman–Crippen LogP) is 2.31. The van der Waals surface area contributed by atoms with Gasteiger partial charge in [-0.15, -0.1) is 11.3 Å². The molecule has 0 radical (unpaired) electrons. The first-order valence-electron chi connectivity index (χ1n) is 8.59. The van der Waals surface area contributed by atoms with Crippen molar-refractivity contribution in [3.8, 4) is 10.6 Å². The highest BCUT2D eigenvalue weighted by Crippen LogP contribution is 2.30. The number of nitrogens with zero attached hydrogens (tertiary/aromatic N) is 3. The number of carbonyl (C=O) groups is 1. The topological polar surface area (TPSA) is 93.9 Å². The number of aryl methyl sites for hydroxylation is 2.